The highest BCUT2D eigenvalue weighted by molar-refractivity contribution is 4.89. The molecule has 0 aromatic rings. The summed E-state index contributed by atoms with van der Waals surface area (Å²) in [6, 6.07) is 1.78. The van der Waals surface area contributed by atoms with Crippen molar-refractivity contribution in [2.75, 3.05) is 13.2 Å². The molecule has 0 radical (unpaired) electrons. The fourth-order valence-electron chi connectivity index (χ4n) is 0.907. The van der Waals surface area contributed by atoms with Gasteiger partial charge in [0.05, 0.1) is 12.7 Å². The molecule has 2 atom stereocenters. The van der Waals surface area contributed by atoms with E-state index in [4.69, 9.17) is 15.1 Å². The molecule has 3 heteroatoms. The average molecular weight is 127 g/mol. The van der Waals surface area contributed by atoms with Crippen molar-refractivity contribution in [1.82, 2.24) is 0 Å². The summed E-state index contributed by atoms with van der Waals surface area (Å²) in [5.74, 6) is 0.0509. The summed E-state index contributed by atoms with van der Waals surface area (Å²) in [5.41, 5.74) is 0. The zero-order chi connectivity index (χ0) is 6.69. The van der Waals surface area contributed by atoms with Crippen molar-refractivity contribution in [1.29, 1.82) is 5.26 Å². The molecular formula is C6H9NO2. The lowest BCUT2D eigenvalue weighted by molar-refractivity contribution is 0.128. The number of hydrogen-bond donors (Lipinski definition) is 1. The zero-order valence-electron chi connectivity index (χ0n) is 5.08. The van der Waals surface area contributed by atoms with E-state index in [1.807, 2.05) is 0 Å². The summed E-state index contributed by atoms with van der Waals surface area (Å²) in [7, 11) is 0. The number of ether oxygens (including phenoxy) is 1. The molecule has 0 saturated carbocycles. The van der Waals surface area contributed by atoms with Gasteiger partial charge in [-0.3, -0.25) is 0 Å². The first-order chi connectivity index (χ1) is 4.34. The average Bonchev–Trinajstić information content (AvgIpc) is 2.37. The van der Waals surface area contributed by atoms with Gasteiger partial charge in [0.1, 0.15) is 6.10 Å². The summed E-state index contributed by atoms with van der Waals surface area (Å²) in [4.78, 5) is 0. The molecule has 1 N–H and O–H groups in total. The molecule has 0 aliphatic carbocycles. The molecule has 0 amide bonds. The van der Waals surface area contributed by atoms with Crippen LogP contribution < -0.4 is 0 Å². The number of nitrogens with zero attached hydrogens (tertiary/aromatic N) is 1. The number of rotatable bonds is 1. The first kappa shape index (κ1) is 6.53. The van der Waals surface area contributed by atoms with Crippen LogP contribution in [0.5, 0.6) is 0 Å². The second-order valence-electron chi connectivity index (χ2n) is 2.20. The minimum atomic E-state index is -0.826. The zero-order valence-corrected chi connectivity index (χ0v) is 5.08. The summed E-state index contributed by atoms with van der Waals surface area (Å²) in [6.07, 6.45) is -0.0122. The maximum absolute atomic E-state index is 8.92. The van der Waals surface area contributed by atoms with Crippen LogP contribution in [0.2, 0.25) is 0 Å². The van der Waals surface area contributed by atoms with Gasteiger partial charge in [0.25, 0.3) is 0 Å². The highest BCUT2D eigenvalue weighted by Gasteiger charge is 2.22. The minimum Gasteiger partial charge on any atom is -0.381 e. The molecular weight excluding hydrogens is 118 g/mol. The Bertz CT molecular complexity index is 124. The molecule has 0 aromatic carbocycles. The molecule has 0 aromatic heterocycles. The van der Waals surface area contributed by atoms with Crippen molar-refractivity contribution >= 4 is 0 Å². The van der Waals surface area contributed by atoms with Crippen LogP contribution in [-0.4, -0.2) is 24.4 Å². The van der Waals surface area contributed by atoms with Gasteiger partial charge in [-0.25, -0.2) is 0 Å². The van der Waals surface area contributed by atoms with E-state index in [1.165, 1.54) is 0 Å². The predicted molar refractivity (Wildman–Crippen MR) is 30.5 cm³/mol. The van der Waals surface area contributed by atoms with Crippen molar-refractivity contribution in [2.24, 2.45) is 5.92 Å². The van der Waals surface area contributed by atoms with Crippen LogP contribution in [-0.2, 0) is 4.74 Å². The van der Waals surface area contributed by atoms with Crippen LogP contribution >= 0.6 is 0 Å². The monoisotopic (exact) mass is 127 g/mol. The van der Waals surface area contributed by atoms with Crippen molar-refractivity contribution in [3.8, 4) is 6.07 Å². The standard InChI is InChI=1S/C6H9NO2/c7-3-6(8)5-1-2-9-4-5/h5-6,8H,1-2,4H2/t5-,6-/m1/s1. The van der Waals surface area contributed by atoms with E-state index >= 15 is 0 Å². The van der Waals surface area contributed by atoms with Gasteiger partial charge in [-0.1, -0.05) is 0 Å². The van der Waals surface area contributed by atoms with Gasteiger partial charge in [-0.05, 0) is 6.42 Å². The smallest absolute Gasteiger partial charge is 0.145 e. The van der Waals surface area contributed by atoms with E-state index in [0.717, 1.165) is 6.42 Å². The number of aliphatic hydroxyl groups is 1. The SMILES string of the molecule is N#C[C@@H](O)[C@@H]1CCOC1. The molecule has 9 heavy (non-hydrogen) atoms. The fraction of sp³-hybridized carbons (Fsp3) is 0.833. The second kappa shape index (κ2) is 2.81. The van der Waals surface area contributed by atoms with Gasteiger partial charge in [0, 0.05) is 12.5 Å². The van der Waals surface area contributed by atoms with Crippen LogP contribution in [0.25, 0.3) is 0 Å². The molecule has 0 spiro atoms. The Kier molecular flexibility index (Phi) is 2.04. The Morgan fingerprint density at radius 1 is 1.78 bits per heavy atom. The van der Waals surface area contributed by atoms with Gasteiger partial charge in [-0.2, -0.15) is 5.26 Å². The van der Waals surface area contributed by atoms with E-state index in [-0.39, 0.29) is 5.92 Å². The van der Waals surface area contributed by atoms with Gasteiger partial charge >= 0.3 is 0 Å². The Labute approximate surface area is 53.9 Å². The van der Waals surface area contributed by atoms with Crippen LogP contribution in [0.3, 0.4) is 0 Å². The number of aliphatic hydroxyl groups excluding tert-OH is 1. The quantitative estimate of drug-likeness (QED) is 0.501. The Morgan fingerprint density at radius 2 is 2.56 bits per heavy atom. The third-order valence-electron chi connectivity index (χ3n) is 1.54. The van der Waals surface area contributed by atoms with E-state index in [2.05, 4.69) is 0 Å². The topological polar surface area (TPSA) is 53.2 Å². The van der Waals surface area contributed by atoms with Crippen molar-refractivity contribution < 1.29 is 9.84 Å². The molecule has 3 nitrogen and oxygen atoms in total. The van der Waals surface area contributed by atoms with Gasteiger partial charge in [0.2, 0.25) is 0 Å². The van der Waals surface area contributed by atoms with Crippen molar-refractivity contribution in [3.05, 3.63) is 0 Å². The third-order valence-corrected chi connectivity index (χ3v) is 1.54. The molecule has 1 rings (SSSR count). The summed E-state index contributed by atoms with van der Waals surface area (Å²) < 4.78 is 4.97. The van der Waals surface area contributed by atoms with Gasteiger partial charge in [0.15, 0.2) is 0 Å². The fourth-order valence-corrected chi connectivity index (χ4v) is 0.907. The third kappa shape index (κ3) is 1.41. The lowest BCUT2D eigenvalue weighted by Crippen LogP contribution is -2.17. The van der Waals surface area contributed by atoms with Crippen molar-refractivity contribution in [2.45, 2.75) is 12.5 Å². The molecule has 1 aliphatic rings. The number of hydrogen-bond acceptors (Lipinski definition) is 3. The van der Waals surface area contributed by atoms with Crippen molar-refractivity contribution in [3.63, 3.8) is 0 Å². The lowest BCUT2D eigenvalue weighted by Gasteiger charge is -2.05. The Morgan fingerprint density at radius 3 is 3.00 bits per heavy atom. The van der Waals surface area contributed by atoms with Crippen LogP contribution in [0.15, 0.2) is 0 Å². The predicted octanol–water partition coefficient (Wildman–Crippen LogP) is -0.0926. The van der Waals surface area contributed by atoms with E-state index in [9.17, 15) is 0 Å². The summed E-state index contributed by atoms with van der Waals surface area (Å²) in [5, 5.41) is 17.2. The molecule has 0 unspecified atom stereocenters. The Hall–Kier alpha value is -0.590. The number of nitriles is 1. The highest BCUT2D eigenvalue weighted by atomic mass is 16.5. The minimum absolute atomic E-state index is 0.0509. The maximum atomic E-state index is 8.92. The lowest BCUT2D eigenvalue weighted by atomic mass is 10.0. The second-order valence-corrected chi connectivity index (χ2v) is 2.20. The first-order valence-corrected chi connectivity index (χ1v) is 3.00. The molecule has 1 fully saturated rings. The Balaban J connectivity index is 2.34. The van der Waals surface area contributed by atoms with E-state index in [1.54, 1.807) is 6.07 Å². The molecule has 50 valence electrons. The van der Waals surface area contributed by atoms with Gasteiger partial charge < -0.3 is 9.84 Å². The molecule has 0 bridgehead atoms. The first-order valence-electron chi connectivity index (χ1n) is 3.00. The highest BCUT2D eigenvalue weighted by Crippen LogP contribution is 2.15. The summed E-state index contributed by atoms with van der Waals surface area (Å²) >= 11 is 0. The molecule has 1 saturated heterocycles. The maximum Gasteiger partial charge on any atom is 0.145 e. The molecule has 1 aliphatic heterocycles. The molecule has 1 heterocycles. The largest absolute Gasteiger partial charge is 0.381 e. The van der Waals surface area contributed by atoms with E-state index in [0.29, 0.717) is 13.2 Å². The normalized spacial score (nSPS) is 29.6. The van der Waals surface area contributed by atoms with Crippen LogP contribution in [0, 0.1) is 17.2 Å². The van der Waals surface area contributed by atoms with E-state index < -0.39 is 6.10 Å². The van der Waals surface area contributed by atoms with Crippen LogP contribution in [0.4, 0.5) is 0 Å². The summed E-state index contributed by atoms with van der Waals surface area (Å²) in [6.45, 7) is 1.22. The van der Waals surface area contributed by atoms with Gasteiger partial charge in [-0.15, -0.1) is 0 Å². The van der Waals surface area contributed by atoms with Crippen LogP contribution in [0.1, 0.15) is 6.42 Å².